The molecule has 0 aliphatic heterocycles. The minimum Gasteiger partial charge on any atom is -0.460 e. The molecule has 0 saturated carbocycles. The van der Waals surface area contributed by atoms with E-state index in [0.29, 0.717) is 0 Å². The van der Waals surface area contributed by atoms with Gasteiger partial charge in [-0.3, -0.25) is 0 Å². The highest BCUT2D eigenvalue weighted by molar-refractivity contribution is 5.62. The van der Waals surface area contributed by atoms with Crippen LogP contribution in [0.4, 0.5) is 5.69 Å². The molecule has 0 fully saturated rings. The fourth-order valence-electron chi connectivity index (χ4n) is 1.49. The molecule has 15 heavy (non-hydrogen) atoms. The molecule has 2 aromatic rings. The largest absolute Gasteiger partial charge is 0.460 e. The van der Waals surface area contributed by atoms with Gasteiger partial charge in [-0.1, -0.05) is 12.1 Å². The second kappa shape index (κ2) is 4.19. The van der Waals surface area contributed by atoms with Crippen molar-refractivity contribution < 1.29 is 4.42 Å². The third-order valence-electron chi connectivity index (χ3n) is 2.18. The lowest BCUT2D eigenvalue weighted by molar-refractivity contribution is 0.507. The summed E-state index contributed by atoms with van der Waals surface area (Å²) in [5, 5.41) is 3.04. The third kappa shape index (κ3) is 2.19. The van der Waals surface area contributed by atoms with E-state index in [-0.39, 0.29) is 0 Å². The summed E-state index contributed by atoms with van der Waals surface area (Å²) in [7, 11) is 1.89. The fourth-order valence-corrected chi connectivity index (χ4v) is 1.49. The number of hydrogen-bond acceptors (Lipinski definition) is 3. The van der Waals surface area contributed by atoms with E-state index in [2.05, 4.69) is 5.32 Å². The Morgan fingerprint density at radius 1 is 1.27 bits per heavy atom. The van der Waals surface area contributed by atoms with Crippen molar-refractivity contribution in [1.82, 2.24) is 5.32 Å². The van der Waals surface area contributed by atoms with Crippen molar-refractivity contribution in [2.24, 2.45) is 0 Å². The van der Waals surface area contributed by atoms with E-state index >= 15 is 0 Å². The lowest BCUT2D eigenvalue weighted by atomic mass is 10.1. The Kier molecular flexibility index (Phi) is 2.74. The molecule has 0 unspecified atom stereocenters. The van der Waals surface area contributed by atoms with Crippen LogP contribution in [-0.4, -0.2) is 7.05 Å². The van der Waals surface area contributed by atoms with E-state index < -0.39 is 0 Å². The van der Waals surface area contributed by atoms with Crippen molar-refractivity contribution in [1.29, 1.82) is 0 Å². The Bertz CT molecular complexity index is 448. The van der Waals surface area contributed by atoms with E-state index in [1.807, 2.05) is 43.4 Å². The van der Waals surface area contributed by atoms with Crippen molar-refractivity contribution in [2.45, 2.75) is 6.54 Å². The van der Waals surface area contributed by atoms with Gasteiger partial charge in [-0.2, -0.15) is 0 Å². The lowest BCUT2D eigenvalue weighted by Gasteiger charge is -1.98. The van der Waals surface area contributed by atoms with Gasteiger partial charge < -0.3 is 15.5 Å². The summed E-state index contributed by atoms with van der Waals surface area (Å²) in [5.74, 6) is 1.78. The molecule has 0 atom stereocenters. The first-order chi connectivity index (χ1) is 7.29. The van der Waals surface area contributed by atoms with Crippen LogP contribution >= 0.6 is 0 Å². The number of nitrogens with two attached hydrogens (primary N) is 1. The van der Waals surface area contributed by atoms with Crippen molar-refractivity contribution in [3.8, 4) is 11.3 Å². The Morgan fingerprint density at radius 2 is 2.13 bits per heavy atom. The number of hydrogen-bond donors (Lipinski definition) is 2. The quantitative estimate of drug-likeness (QED) is 0.750. The Hall–Kier alpha value is -1.74. The second-order valence-electron chi connectivity index (χ2n) is 3.42. The van der Waals surface area contributed by atoms with Gasteiger partial charge in [0.2, 0.25) is 0 Å². The van der Waals surface area contributed by atoms with E-state index in [9.17, 15) is 0 Å². The predicted octanol–water partition coefficient (Wildman–Crippen LogP) is 2.25. The Balaban J connectivity index is 2.29. The molecule has 0 aliphatic rings. The maximum Gasteiger partial charge on any atom is 0.134 e. The van der Waals surface area contributed by atoms with Gasteiger partial charge in [-0.25, -0.2) is 0 Å². The zero-order valence-electron chi connectivity index (χ0n) is 8.66. The van der Waals surface area contributed by atoms with Crippen LogP contribution in [0.25, 0.3) is 11.3 Å². The molecule has 0 radical (unpaired) electrons. The van der Waals surface area contributed by atoms with E-state index in [4.69, 9.17) is 10.2 Å². The molecule has 1 aromatic carbocycles. The van der Waals surface area contributed by atoms with Gasteiger partial charge in [-0.05, 0) is 31.3 Å². The number of nitrogen functional groups attached to an aromatic ring is 1. The zero-order chi connectivity index (χ0) is 10.7. The molecule has 0 bridgehead atoms. The average molecular weight is 202 g/mol. The first kappa shape index (κ1) is 9.80. The standard InChI is InChI=1S/C12H14N2O/c1-14-8-11-5-6-12(15-11)9-3-2-4-10(13)7-9/h2-7,14H,8,13H2,1H3. The average Bonchev–Trinajstić information content (AvgIpc) is 2.67. The third-order valence-corrected chi connectivity index (χ3v) is 2.18. The monoisotopic (exact) mass is 202 g/mol. The SMILES string of the molecule is CNCc1ccc(-c2cccc(N)c2)o1. The van der Waals surface area contributed by atoms with Gasteiger partial charge in [0.15, 0.2) is 0 Å². The van der Waals surface area contributed by atoms with Crippen molar-refractivity contribution >= 4 is 5.69 Å². The molecule has 0 spiro atoms. The summed E-state index contributed by atoms with van der Waals surface area (Å²) < 4.78 is 5.65. The minimum absolute atomic E-state index is 0.738. The normalized spacial score (nSPS) is 10.5. The number of rotatable bonds is 3. The van der Waals surface area contributed by atoms with Crippen LogP contribution in [0.15, 0.2) is 40.8 Å². The van der Waals surface area contributed by atoms with Gasteiger partial charge in [0.1, 0.15) is 11.5 Å². The number of benzene rings is 1. The first-order valence-electron chi connectivity index (χ1n) is 4.89. The van der Waals surface area contributed by atoms with Gasteiger partial charge in [0, 0.05) is 11.3 Å². The summed E-state index contributed by atoms with van der Waals surface area (Å²) >= 11 is 0. The Morgan fingerprint density at radius 3 is 2.87 bits per heavy atom. The van der Waals surface area contributed by atoms with Gasteiger partial charge >= 0.3 is 0 Å². The molecule has 78 valence electrons. The van der Waals surface area contributed by atoms with E-state index in [1.165, 1.54) is 0 Å². The molecular formula is C12H14N2O. The molecule has 1 aromatic heterocycles. The number of furan rings is 1. The fraction of sp³-hybridized carbons (Fsp3) is 0.167. The minimum atomic E-state index is 0.738. The summed E-state index contributed by atoms with van der Waals surface area (Å²) in [6.45, 7) is 0.738. The van der Waals surface area contributed by atoms with Crippen LogP contribution in [0.5, 0.6) is 0 Å². The zero-order valence-corrected chi connectivity index (χ0v) is 8.66. The highest BCUT2D eigenvalue weighted by atomic mass is 16.3. The molecule has 3 heteroatoms. The van der Waals surface area contributed by atoms with Gasteiger partial charge in [0.25, 0.3) is 0 Å². The topological polar surface area (TPSA) is 51.2 Å². The molecule has 3 N–H and O–H groups in total. The summed E-state index contributed by atoms with van der Waals surface area (Å²) in [4.78, 5) is 0. The summed E-state index contributed by atoms with van der Waals surface area (Å²) in [6, 6.07) is 11.6. The highest BCUT2D eigenvalue weighted by Gasteiger charge is 2.03. The summed E-state index contributed by atoms with van der Waals surface area (Å²) in [6.07, 6.45) is 0. The maximum absolute atomic E-state index is 5.71. The van der Waals surface area contributed by atoms with Crippen LogP contribution in [-0.2, 0) is 6.54 Å². The maximum atomic E-state index is 5.71. The number of anilines is 1. The molecule has 0 aliphatic carbocycles. The van der Waals surface area contributed by atoms with Crippen molar-refractivity contribution in [3.63, 3.8) is 0 Å². The lowest BCUT2D eigenvalue weighted by Crippen LogP contribution is -2.03. The molecule has 3 nitrogen and oxygen atoms in total. The van der Waals surface area contributed by atoms with E-state index in [1.54, 1.807) is 0 Å². The molecule has 2 rings (SSSR count). The predicted molar refractivity (Wildman–Crippen MR) is 61.3 cm³/mol. The van der Waals surface area contributed by atoms with E-state index in [0.717, 1.165) is 29.3 Å². The van der Waals surface area contributed by atoms with Crippen LogP contribution < -0.4 is 11.1 Å². The number of nitrogens with one attached hydrogen (secondary N) is 1. The molecule has 1 heterocycles. The second-order valence-corrected chi connectivity index (χ2v) is 3.42. The van der Waals surface area contributed by atoms with Crippen molar-refractivity contribution in [2.75, 3.05) is 12.8 Å². The highest BCUT2D eigenvalue weighted by Crippen LogP contribution is 2.23. The van der Waals surface area contributed by atoms with Crippen LogP contribution in [0.2, 0.25) is 0 Å². The van der Waals surface area contributed by atoms with Crippen LogP contribution in [0.1, 0.15) is 5.76 Å². The van der Waals surface area contributed by atoms with Gasteiger partial charge in [0.05, 0.1) is 6.54 Å². The van der Waals surface area contributed by atoms with Gasteiger partial charge in [-0.15, -0.1) is 0 Å². The Labute approximate surface area is 88.9 Å². The van der Waals surface area contributed by atoms with Crippen LogP contribution in [0, 0.1) is 0 Å². The van der Waals surface area contributed by atoms with Crippen LogP contribution in [0.3, 0.4) is 0 Å². The van der Waals surface area contributed by atoms with Crippen molar-refractivity contribution in [3.05, 3.63) is 42.2 Å². The molecule has 0 saturated heterocycles. The first-order valence-corrected chi connectivity index (χ1v) is 4.89. The summed E-state index contributed by atoms with van der Waals surface area (Å²) in [5.41, 5.74) is 7.47. The molecule has 0 amide bonds. The smallest absolute Gasteiger partial charge is 0.134 e. The molecular weight excluding hydrogens is 188 g/mol.